The summed E-state index contributed by atoms with van der Waals surface area (Å²) in [7, 11) is -3.65. The minimum Gasteiger partial charge on any atom is -0.350 e. The van der Waals surface area contributed by atoms with Gasteiger partial charge >= 0.3 is 0 Å². The lowest BCUT2D eigenvalue weighted by molar-refractivity contribution is -0.122. The van der Waals surface area contributed by atoms with Gasteiger partial charge in [-0.1, -0.05) is 6.07 Å². The summed E-state index contributed by atoms with van der Waals surface area (Å²) in [6, 6.07) is 8.13. The van der Waals surface area contributed by atoms with E-state index >= 15 is 0 Å². The van der Waals surface area contributed by atoms with Gasteiger partial charge in [-0.3, -0.25) is 4.79 Å². The zero-order valence-electron chi connectivity index (χ0n) is 15.9. The van der Waals surface area contributed by atoms with Crippen LogP contribution >= 0.6 is 11.3 Å². The number of rotatable bonds is 6. The highest BCUT2D eigenvalue weighted by molar-refractivity contribution is 7.89. The SMILES string of the molecule is N#Cc1cccc(S(=O)(=O)N2CCCC(c3nc(CNC(=O)C4CC4)cs3)C2)c1. The van der Waals surface area contributed by atoms with Crippen molar-refractivity contribution in [3.8, 4) is 6.07 Å². The number of aromatic nitrogens is 1. The van der Waals surface area contributed by atoms with Crippen LogP contribution in [0.25, 0.3) is 0 Å². The first-order chi connectivity index (χ1) is 14.0. The van der Waals surface area contributed by atoms with Crippen LogP contribution in [-0.2, 0) is 21.4 Å². The van der Waals surface area contributed by atoms with Crippen molar-refractivity contribution in [2.75, 3.05) is 13.1 Å². The van der Waals surface area contributed by atoms with Gasteiger partial charge in [-0.15, -0.1) is 11.3 Å². The molecule has 1 atom stereocenters. The van der Waals surface area contributed by atoms with E-state index in [1.54, 1.807) is 12.1 Å². The van der Waals surface area contributed by atoms with Crippen molar-refractivity contribution in [1.29, 1.82) is 5.26 Å². The van der Waals surface area contributed by atoms with E-state index in [4.69, 9.17) is 5.26 Å². The Morgan fingerprint density at radius 2 is 2.17 bits per heavy atom. The second-order valence-electron chi connectivity index (χ2n) is 7.51. The van der Waals surface area contributed by atoms with Gasteiger partial charge in [0.25, 0.3) is 0 Å². The number of hydrogen-bond donors (Lipinski definition) is 1. The Labute approximate surface area is 174 Å². The number of thiazole rings is 1. The number of nitriles is 1. The number of nitrogens with one attached hydrogen (secondary N) is 1. The first-order valence-corrected chi connectivity index (χ1v) is 12.0. The van der Waals surface area contributed by atoms with Gasteiger partial charge in [-0.25, -0.2) is 13.4 Å². The molecule has 2 aromatic rings. The van der Waals surface area contributed by atoms with Crippen molar-refractivity contribution in [2.24, 2.45) is 5.92 Å². The highest BCUT2D eigenvalue weighted by Crippen LogP contribution is 2.32. The monoisotopic (exact) mass is 430 g/mol. The Balaban J connectivity index is 1.44. The van der Waals surface area contributed by atoms with Crippen LogP contribution in [0.4, 0.5) is 0 Å². The molecule has 1 unspecified atom stereocenters. The molecule has 2 fully saturated rings. The lowest BCUT2D eigenvalue weighted by atomic mass is 10.0. The van der Waals surface area contributed by atoms with Crippen LogP contribution in [0.3, 0.4) is 0 Å². The molecule has 4 rings (SSSR count). The topological polar surface area (TPSA) is 103 Å². The predicted octanol–water partition coefficient (Wildman–Crippen LogP) is 2.61. The number of hydrogen-bond acceptors (Lipinski definition) is 6. The van der Waals surface area contributed by atoms with E-state index in [0.717, 1.165) is 36.4 Å². The number of carbonyl (C=O) groups excluding carboxylic acids is 1. The van der Waals surface area contributed by atoms with Crippen molar-refractivity contribution in [3.63, 3.8) is 0 Å². The second kappa shape index (κ2) is 8.22. The summed E-state index contributed by atoms with van der Waals surface area (Å²) in [5, 5.41) is 14.8. The van der Waals surface area contributed by atoms with Gasteiger partial charge in [0.15, 0.2) is 0 Å². The van der Waals surface area contributed by atoms with Crippen molar-refractivity contribution in [1.82, 2.24) is 14.6 Å². The summed E-state index contributed by atoms with van der Waals surface area (Å²) >= 11 is 1.52. The third kappa shape index (κ3) is 4.50. The van der Waals surface area contributed by atoms with Gasteiger partial charge in [-0.05, 0) is 43.9 Å². The lowest BCUT2D eigenvalue weighted by Crippen LogP contribution is -2.39. The van der Waals surface area contributed by atoms with Crippen molar-refractivity contribution >= 4 is 27.3 Å². The molecule has 9 heteroatoms. The highest BCUT2D eigenvalue weighted by Gasteiger charge is 2.32. The van der Waals surface area contributed by atoms with Gasteiger partial charge in [-0.2, -0.15) is 9.57 Å². The Morgan fingerprint density at radius 3 is 2.93 bits per heavy atom. The maximum atomic E-state index is 13.0. The number of sulfonamides is 1. The molecule has 1 aromatic heterocycles. The minimum absolute atomic E-state index is 0.0376. The molecule has 1 aliphatic carbocycles. The van der Waals surface area contributed by atoms with Gasteiger partial charge in [0.1, 0.15) is 0 Å². The Hall–Kier alpha value is -2.28. The maximum Gasteiger partial charge on any atom is 0.243 e. The van der Waals surface area contributed by atoms with Crippen LogP contribution in [0.1, 0.15) is 47.9 Å². The fraction of sp³-hybridized carbons (Fsp3) is 0.450. The maximum absolute atomic E-state index is 13.0. The zero-order chi connectivity index (χ0) is 20.4. The molecule has 2 aliphatic rings. The molecule has 1 aromatic carbocycles. The molecule has 1 amide bonds. The van der Waals surface area contributed by atoms with Gasteiger partial charge < -0.3 is 5.32 Å². The normalized spacial score (nSPS) is 20.2. The van der Waals surface area contributed by atoms with Crippen LogP contribution in [0.2, 0.25) is 0 Å². The number of piperidine rings is 1. The van der Waals surface area contributed by atoms with Gasteiger partial charge in [0.05, 0.1) is 33.8 Å². The summed E-state index contributed by atoms with van der Waals surface area (Å²) in [6.45, 7) is 1.26. The van der Waals surface area contributed by atoms with E-state index in [2.05, 4.69) is 10.3 Å². The standard InChI is InChI=1S/C20H22N4O3S2/c21-10-14-3-1-5-18(9-14)29(26,27)24-8-2-4-16(12-24)20-23-17(13-28-20)11-22-19(25)15-6-7-15/h1,3,5,9,13,15-16H,2,4,6-8,11-12H2,(H,22,25). The van der Waals surface area contributed by atoms with E-state index in [0.29, 0.717) is 25.2 Å². The van der Waals surface area contributed by atoms with Gasteiger partial charge in [0.2, 0.25) is 15.9 Å². The highest BCUT2D eigenvalue weighted by atomic mass is 32.2. The average Bonchev–Trinajstić information content (AvgIpc) is 3.50. The lowest BCUT2D eigenvalue weighted by Gasteiger charge is -2.31. The van der Waals surface area contributed by atoms with E-state index in [-0.39, 0.29) is 22.6 Å². The van der Waals surface area contributed by atoms with Crippen molar-refractivity contribution < 1.29 is 13.2 Å². The average molecular weight is 431 g/mol. The van der Waals surface area contributed by atoms with E-state index in [1.165, 1.54) is 27.8 Å². The van der Waals surface area contributed by atoms with Crippen LogP contribution in [0, 0.1) is 17.2 Å². The molecule has 1 saturated carbocycles. The fourth-order valence-corrected chi connectivity index (χ4v) is 6.01. The Kier molecular flexibility index (Phi) is 5.67. The molecule has 1 saturated heterocycles. The fourth-order valence-electron chi connectivity index (χ4n) is 3.50. The third-order valence-electron chi connectivity index (χ3n) is 5.30. The molecular weight excluding hydrogens is 408 g/mol. The first kappa shape index (κ1) is 20.0. The number of nitrogens with zero attached hydrogens (tertiary/aromatic N) is 3. The quantitative estimate of drug-likeness (QED) is 0.759. The van der Waals surface area contributed by atoms with Gasteiger partial charge in [0, 0.05) is 30.3 Å². The minimum atomic E-state index is -3.65. The Morgan fingerprint density at radius 1 is 1.34 bits per heavy atom. The number of benzene rings is 1. The summed E-state index contributed by atoms with van der Waals surface area (Å²) in [5.41, 5.74) is 1.15. The van der Waals surface area contributed by atoms with Crippen LogP contribution in [-0.4, -0.2) is 36.7 Å². The molecule has 0 radical (unpaired) electrons. The van der Waals surface area contributed by atoms with E-state index < -0.39 is 10.0 Å². The Bertz CT molecular complexity index is 1050. The van der Waals surface area contributed by atoms with Crippen LogP contribution in [0.5, 0.6) is 0 Å². The number of amides is 1. The van der Waals surface area contributed by atoms with E-state index in [9.17, 15) is 13.2 Å². The molecular formula is C20H22N4O3S2. The summed E-state index contributed by atoms with van der Waals surface area (Å²) in [4.78, 5) is 16.6. The van der Waals surface area contributed by atoms with Crippen molar-refractivity contribution in [2.45, 2.75) is 43.0 Å². The predicted molar refractivity (Wildman–Crippen MR) is 109 cm³/mol. The van der Waals surface area contributed by atoms with Crippen LogP contribution in [0.15, 0.2) is 34.5 Å². The summed E-state index contributed by atoms with van der Waals surface area (Å²) < 4.78 is 27.6. The van der Waals surface area contributed by atoms with Crippen molar-refractivity contribution in [3.05, 3.63) is 45.9 Å². The molecule has 0 bridgehead atoms. The molecule has 0 spiro atoms. The molecule has 7 nitrogen and oxygen atoms in total. The molecule has 152 valence electrons. The number of carbonyl (C=O) groups is 1. The molecule has 1 N–H and O–H groups in total. The summed E-state index contributed by atoms with van der Waals surface area (Å²) in [6.07, 6.45) is 3.58. The van der Waals surface area contributed by atoms with Crippen LogP contribution < -0.4 is 5.32 Å². The largest absolute Gasteiger partial charge is 0.350 e. The zero-order valence-corrected chi connectivity index (χ0v) is 17.5. The molecule has 1 aliphatic heterocycles. The third-order valence-corrected chi connectivity index (χ3v) is 8.21. The molecule has 2 heterocycles. The summed E-state index contributed by atoms with van der Waals surface area (Å²) in [5.74, 6) is 0.300. The van der Waals surface area contributed by atoms with E-state index in [1.807, 2.05) is 11.4 Å². The first-order valence-electron chi connectivity index (χ1n) is 9.69. The molecule has 29 heavy (non-hydrogen) atoms. The second-order valence-corrected chi connectivity index (χ2v) is 10.3. The smallest absolute Gasteiger partial charge is 0.243 e.